The maximum absolute atomic E-state index is 5.59. The quantitative estimate of drug-likeness (QED) is 0.596. The highest BCUT2D eigenvalue weighted by Crippen LogP contribution is 2.14. The summed E-state index contributed by atoms with van der Waals surface area (Å²) < 4.78 is 16.6. The molecule has 100 valence electrons. The Morgan fingerprint density at radius 1 is 1.22 bits per heavy atom. The summed E-state index contributed by atoms with van der Waals surface area (Å²) in [6.07, 6.45) is 3.48. The van der Waals surface area contributed by atoms with E-state index in [-0.39, 0.29) is 0 Å². The van der Waals surface area contributed by atoms with Crippen molar-refractivity contribution in [3.05, 3.63) is 24.3 Å². The lowest BCUT2D eigenvalue weighted by atomic mass is 10.2. The largest absolute Gasteiger partial charge is 0.494 e. The number of benzene rings is 1. The molecule has 0 spiro atoms. The van der Waals surface area contributed by atoms with E-state index in [2.05, 4.69) is 0 Å². The highest BCUT2D eigenvalue weighted by atomic mass is 16.5. The minimum absolute atomic E-state index is 0.308. The lowest BCUT2D eigenvalue weighted by Gasteiger charge is -2.10. The average Bonchev–Trinajstić information content (AvgIpc) is 2.89. The molecule has 1 aromatic carbocycles. The van der Waals surface area contributed by atoms with Crippen molar-refractivity contribution >= 4 is 5.69 Å². The molecular formula is C14H21NO3. The van der Waals surface area contributed by atoms with Gasteiger partial charge in [-0.05, 0) is 37.1 Å². The van der Waals surface area contributed by atoms with Gasteiger partial charge in [0.25, 0.3) is 0 Å². The van der Waals surface area contributed by atoms with E-state index < -0.39 is 0 Å². The van der Waals surface area contributed by atoms with Gasteiger partial charge in [0, 0.05) is 25.3 Å². The molecule has 0 amide bonds. The van der Waals surface area contributed by atoms with E-state index in [1.807, 2.05) is 24.3 Å². The molecule has 2 rings (SSSR count). The number of ether oxygens (including phenoxy) is 3. The fraction of sp³-hybridized carbons (Fsp3) is 0.571. The Kier molecular flexibility index (Phi) is 5.30. The number of rotatable bonds is 7. The molecule has 1 aromatic rings. The lowest BCUT2D eigenvalue weighted by molar-refractivity contribution is 0.0141. The maximum Gasteiger partial charge on any atom is 0.119 e. The van der Waals surface area contributed by atoms with Crippen molar-refractivity contribution < 1.29 is 14.2 Å². The second kappa shape index (κ2) is 7.24. The van der Waals surface area contributed by atoms with E-state index in [0.717, 1.165) is 43.9 Å². The van der Waals surface area contributed by atoms with Crippen molar-refractivity contribution in [3.8, 4) is 5.75 Å². The van der Waals surface area contributed by atoms with Crippen LogP contribution in [0.1, 0.15) is 19.3 Å². The number of nitrogen functional groups attached to an aromatic ring is 1. The van der Waals surface area contributed by atoms with Crippen molar-refractivity contribution in [1.29, 1.82) is 0 Å². The predicted octanol–water partition coefficient (Wildman–Crippen LogP) is 2.23. The summed E-state index contributed by atoms with van der Waals surface area (Å²) in [5, 5.41) is 0. The summed E-state index contributed by atoms with van der Waals surface area (Å²) in [7, 11) is 0. The van der Waals surface area contributed by atoms with E-state index >= 15 is 0 Å². The Morgan fingerprint density at radius 3 is 2.78 bits per heavy atom. The van der Waals surface area contributed by atoms with Gasteiger partial charge in [-0.2, -0.15) is 0 Å². The van der Waals surface area contributed by atoms with Crippen LogP contribution in [0.15, 0.2) is 24.3 Å². The van der Waals surface area contributed by atoms with Crippen LogP contribution in [0.3, 0.4) is 0 Å². The molecule has 18 heavy (non-hydrogen) atoms. The van der Waals surface area contributed by atoms with E-state index in [4.69, 9.17) is 19.9 Å². The Hall–Kier alpha value is -1.26. The Bertz CT molecular complexity index is 333. The zero-order valence-corrected chi connectivity index (χ0v) is 10.6. The molecule has 4 heteroatoms. The molecule has 1 heterocycles. The van der Waals surface area contributed by atoms with Gasteiger partial charge in [-0.3, -0.25) is 0 Å². The normalized spacial score (nSPS) is 19.0. The van der Waals surface area contributed by atoms with Gasteiger partial charge in [-0.15, -0.1) is 0 Å². The summed E-state index contributed by atoms with van der Waals surface area (Å²) in [6, 6.07) is 7.43. The highest BCUT2D eigenvalue weighted by Gasteiger charge is 2.14. The molecule has 0 bridgehead atoms. The van der Waals surface area contributed by atoms with Crippen LogP contribution in [0.4, 0.5) is 5.69 Å². The van der Waals surface area contributed by atoms with Crippen LogP contribution in [0.5, 0.6) is 5.75 Å². The Balaban J connectivity index is 1.49. The van der Waals surface area contributed by atoms with Crippen LogP contribution in [0.25, 0.3) is 0 Å². The first kappa shape index (κ1) is 13.2. The molecule has 0 saturated carbocycles. The minimum atomic E-state index is 0.308. The molecule has 1 aliphatic heterocycles. The van der Waals surface area contributed by atoms with Crippen LogP contribution in [0, 0.1) is 0 Å². The summed E-state index contributed by atoms with van der Waals surface area (Å²) in [5.74, 6) is 0.850. The number of hydrogen-bond acceptors (Lipinski definition) is 4. The molecule has 0 radical (unpaired) electrons. The summed E-state index contributed by atoms with van der Waals surface area (Å²) in [5.41, 5.74) is 6.35. The van der Waals surface area contributed by atoms with Crippen LogP contribution in [-0.4, -0.2) is 32.5 Å². The van der Waals surface area contributed by atoms with E-state index in [1.165, 1.54) is 0 Å². The molecule has 4 nitrogen and oxygen atoms in total. The Morgan fingerprint density at radius 2 is 2.06 bits per heavy atom. The SMILES string of the molecule is Nc1ccc(OCCCOCC2CCCO2)cc1. The van der Waals surface area contributed by atoms with Crippen molar-refractivity contribution in [2.75, 3.05) is 32.2 Å². The summed E-state index contributed by atoms with van der Waals surface area (Å²) in [4.78, 5) is 0. The van der Waals surface area contributed by atoms with Gasteiger partial charge in [-0.1, -0.05) is 0 Å². The lowest BCUT2D eigenvalue weighted by Crippen LogP contribution is -2.15. The number of anilines is 1. The van der Waals surface area contributed by atoms with Gasteiger partial charge < -0.3 is 19.9 Å². The molecule has 0 aromatic heterocycles. The summed E-state index contributed by atoms with van der Waals surface area (Å²) >= 11 is 0. The minimum Gasteiger partial charge on any atom is -0.494 e. The maximum atomic E-state index is 5.59. The van der Waals surface area contributed by atoms with Crippen molar-refractivity contribution in [2.45, 2.75) is 25.4 Å². The fourth-order valence-corrected chi connectivity index (χ4v) is 1.91. The van der Waals surface area contributed by atoms with Crippen LogP contribution < -0.4 is 10.5 Å². The van der Waals surface area contributed by atoms with Gasteiger partial charge in [0.1, 0.15) is 5.75 Å². The van der Waals surface area contributed by atoms with E-state index in [1.54, 1.807) is 0 Å². The summed E-state index contributed by atoms with van der Waals surface area (Å²) in [6.45, 7) is 2.97. The van der Waals surface area contributed by atoms with Crippen LogP contribution in [0.2, 0.25) is 0 Å². The Labute approximate surface area is 108 Å². The third kappa shape index (κ3) is 4.55. The third-order valence-corrected chi connectivity index (χ3v) is 2.91. The molecule has 1 saturated heterocycles. The zero-order valence-electron chi connectivity index (χ0n) is 10.6. The highest BCUT2D eigenvalue weighted by molar-refractivity contribution is 5.41. The average molecular weight is 251 g/mol. The monoisotopic (exact) mass is 251 g/mol. The van der Waals surface area contributed by atoms with Crippen molar-refractivity contribution in [2.24, 2.45) is 0 Å². The van der Waals surface area contributed by atoms with Gasteiger partial charge in [0.05, 0.1) is 19.3 Å². The first-order valence-corrected chi connectivity index (χ1v) is 6.52. The second-order valence-electron chi connectivity index (χ2n) is 4.48. The fourth-order valence-electron chi connectivity index (χ4n) is 1.91. The molecule has 0 aliphatic carbocycles. The van der Waals surface area contributed by atoms with Crippen molar-refractivity contribution in [3.63, 3.8) is 0 Å². The van der Waals surface area contributed by atoms with Gasteiger partial charge in [0.2, 0.25) is 0 Å². The van der Waals surface area contributed by atoms with Crippen molar-refractivity contribution in [1.82, 2.24) is 0 Å². The third-order valence-electron chi connectivity index (χ3n) is 2.91. The van der Waals surface area contributed by atoms with Gasteiger partial charge in [0.15, 0.2) is 0 Å². The van der Waals surface area contributed by atoms with Crippen LogP contribution in [-0.2, 0) is 9.47 Å². The molecule has 1 fully saturated rings. The first-order chi connectivity index (χ1) is 8.84. The second-order valence-corrected chi connectivity index (χ2v) is 4.48. The van der Waals surface area contributed by atoms with Crippen LogP contribution >= 0.6 is 0 Å². The van der Waals surface area contributed by atoms with E-state index in [9.17, 15) is 0 Å². The molecule has 1 aliphatic rings. The predicted molar refractivity (Wildman–Crippen MR) is 70.8 cm³/mol. The molecular weight excluding hydrogens is 230 g/mol. The van der Waals surface area contributed by atoms with Gasteiger partial charge >= 0.3 is 0 Å². The zero-order chi connectivity index (χ0) is 12.6. The van der Waals surface area contributed by atoms with Gasteiger partial charge in [-0.25, -0.2) is 0 Å². The number of nitrogens with two attached hydrogens (primary N) is 1. The van der Waals surface area contributed by atoms with E-state index in [0.29, 0.717) is 19.3 Å². The first-order valence-electron chi connectivity index (χ1n) is 6.52. The molecule has 2 N–H and O–H groups in total. The molecule has 1 atom stereocenters. The standard InChI is InChI=1S/C14H21NO3/c15-12-4-6-13(7-5-12)17-10-2-8-16-11-14-3-1-9-18-14/h4-7,14H,1-3,8-11,15H2. The topological polar surface area (TPSA) is 53.7 Å². The smallest absolute Gasteiger partial charge is 0.119 e. The number of hydrogen-bond donors (Lipinski definition) is 1. The molecule has 1 unspecified atom stereocenters.